The molecule has 0 atom stereocenters. The Morgan fingerprint density at radius 2 is 1.82 bits per heavy atom. The van der Waals surface area contributed by atoms with E-state index in [0.29, 0.717) is 12.0 Å². The summed E-state index contributed by atoms with van der Waals surface area (Å²) in [5, 5.41) is 9.60. The number of ether oxygens (including phenoxy) is 4. The number of carbonyl (C=O) groups excluding carboxylic acids is 1. The lowest BCUT2D eigenvalue weighted by Gasteiger charge is -2.11. The van der Waals surface area contributed by atoms with Gasteiger partial charge in [0.1, 0.15) is 17.2 Å². The quantitative estimate of drug-likeness (QED) is 0.571. The number of hydrogen-bond acceptors (Lipinski definition) is 6. The molecule has 0 unspecified atom stereocenters. The van der Waals surface area contributed by atoms with Gasteiger partial charge < -0.3 is 24.1 Å². The van der Waals surface area contributed by atoms with Crippen LogP contribution in [0.5, 0.6) is 17.2 Å². The summed E-state index contributed by atoms with van der Waals surface area (Å²) in [6, 6.07) is 2.78. The van der Waals surface area contributed by atoms with Crippen molar-refractivity contribution in [2.24, 2.45) is 0 Å². The number of aromatic hydroxyl groups is 1. The van der Waals surface area contributed by atoms with Crippen LogP contribution in [0, 0.1) is 0 Å². The molecular weight excluding hydrogens is 228 g/mol. The molecule has 6 nitrogen and oxygen atoms in total. The van der Waals surface area contributed by atoms with E-state index in [2.05, 4.69) is 0 Å². The summed E-state index contributed by atoms with van der Waals surface area (Å²) in [6.07, 6.45) is 0.500. The first-order valence-electron chi connectivity index (χ1n) is 4.78. The molecule has 0 aliphatic rings. The van der Waals surface area contributed by atoms with Crippen LogP contribution in [-0.2, 0) is 9.47 Å². The Hall–Kier alpha value is -1.79. The molecule has 1 N–H and O–H groups in total. The Balaban J connectivity index is 2.96. The first-order chi connectivity index (χ1) is 8.22. The molecule has 1 aromatic carbocycles. The van der Waals surface area contributed by atoms with Crippen LogP contribution >= 0.6 is 0 Å². The SMILES string of the molecule is COCOc1cc(O)c(C=O)c(OCOC)c1. The minimum absolute atomic E-state index is 0.0313. The van der Waals surface area contributed by atoms with Crippen LogP contribution < -0.4 is 9.47 Å². The molecule has 1 aromatic rings. The Kier molecular flexibility index (Phi) is 5.25. The summed E-state index contributed by atoms with van der Waals surface area (Å²) in [6.45, 7) is -0.00238. The van der Waals surface area contributed by atoms with Crippen molar-refractivity contribution in [3.05, 3.63) is 17.7 Å². The average Bonchev–Trinajstić information content (AvgIpc) is 2.33. The maximum Gasteiger partial charge on any atom is 0.188 e. The van der Waals surface area contributed by atoms with E-state index in [1.54, 1.807) is 0 Å². The highest BCUT2D eigenvalue weighted by Crippen LogP contribution is 2.32. The van der Waals surface area contributed by atoms with Gasteiger partial charge in [0.25, 0.3) is 0 Å². The normalized spacial score (nSPS) is 10.0. The minimum atomic E-state index is -0.222. The maximum atomic E-state index is 10.8. The zero-order chi connectivity index (χ0) is 12.7. The highest BCUT2D eigenvalue weighted by molar-refractivity contribution is 5.84. The number of phenols is 1. The lowest BCUT2D eigenvalue weighted by Crippen LogP contribution is -2.03. The van der Waals surface area contributed by atoms with Crippen molar-refractivity contribution in [2.75, 3.05) is 27.8 Å². The molecule has 0 aliphatic carbocycles. The molecule has 0 radical (unpaired) electrons. The van der Waals surface area contributed by atoms with E-state index in [1.165, 1.54) is 26.4 Å². The summed E-state index contributed by atoms with van der Waals surface area (Å²) in [5.41, 5.74) is 0.0480. The number of carbonyl (C=O) groups is 1. The van der Waals surface area contributed by atoms with Crippen molar-refractivity contribution >= 4 is 6.29 Å². The van der Waals surface area contributed by atoms with Crippen LogP contribution in [0.2, 0.25) is 0 Å². The number of methoxy groups -OCH3 is 2. The fraction of sp³-hybridized carbons (Fsp3) is 0.364. The van der Waals surface area contributed by atoms with Crippen molar-refractivity contribution in [1.29, 1.82) is 0 Å². The fourth-order valence-corrected chi connectivity index (χ4v) is 1.16. The number of aldehydes is 1. The molecule has 0 aliphatic heterocycles. The molecule has 94 valence electrons. The van der Waals surface area contributed by atoms with Crippen LogP contribution in [0.3, 0.4) is 0 Å². The second-order valence-corrected chi connectivity index (χ2v) is 3.07. The van der Waals surface area contributed by atoms with E-state index in [-0.39, 0.29) is 30.6 Å². The van der Waals surface area contributed by atoms with E-state index < -0.39 is 0 Å². The summed E-state index contributed by atoms with van der Waals surface area (Å²) < 4.78 is 19.7. The summed E-state index contributed by atoms with van der Waals surface area (Å²) in [7, 11) is 2.92. The van der Waals surface area contributed by atoms with Gasteiger partial charge in [-0.25, -0.2) is 0 Å². The van der Waals surface area contributed by atoms with Crippen molar-refractivity contribution in [3.63, 3.8) is 0 Å². The van der Waals surface area contributed by atoms with Gasteiger partial charge in [-0.15, -0.1) is 0 Å². The molecule has 0 aromatic heterocycles. The maximum absolute atomic E-state index is 10.8. The molecule has 1 rings (SSSR count). The van der Waals surface area contributed by atoms with Crippen LogP contribution in [-0.4, -0.2) is 39.2 Å². The van der Waals surface area contributed by atoms with Gasteiger partial charge in [0.2, 0.25) is 0 Å². The summed E-state index contributed by atoms with van der Waals surface area (Å²) >= 11 is 0. The lowest BCUT2D eigenvalue weighted by molar-refractivity contribution is 0.0454. The van der Waals surface area contributed by atoms with Crippen LogP contribution in [0.15, 0.2) is 12.1 Å². The largest absolute Gasteiger partial charge is 0.507 e. The molecule has 0 heterocycles. The zero-order valence-electron chi connectivity index (χ0n) is 9.63. The molecule has 6 heteroatoms. The molecule has 0 saturated carbocycles. The fourth-order valence-electron chi connectivity index (χ4n) is 1.16. The van der Waals surface area contributed by atoms with E-state index in [0.717, 1.165) is 0 Å². The number of phenolic OH excluding ortho intramolecular Hbond substituents is 1. The lowest BCUT2D eigenvalue weighted by atomic mass is 10.2. The first kappa shape index (κ1) is 13.3. The molecule has 0 saturated heterocycles. The number of rotatable bonds is 7. The molecule has 0 fully saturated rings. The predicted molar refractivity (Wildman–Crippen MR) is 58.5 cm³/mol. The van der Waals surface area contributed by atoms with Gasteiger partial charge in [-0.05, 0) is 0 Å². The minimum Gasteiger partial charge on any atom is -0.507 e. The molecule has 0 bridgehead atoms. The van der Waals surface area contributed by atoms with Gasteiger partial charge >= 0.3 is 0 Å². The summed E-state index contributed by atoms with van der Waals surface area (Å²) in [4.78, 5) is 10.8. The van der Waals surface area contributed by atoms with Gasteiger partial charge in [-0.2, -0.15) is 0 Å². The van der Waals surface area contributed by atoms with Crippen LogP contribution in [0.25, 0.3) is 0 Å². The first-order valence-corrected chi connectivity index (χ1v) is 4.78. The zero-order valence-corrected chi connectivity index (χ0v) is 9.63. The smallest absolute Gasteiger partial charge is 0.188 e. The van der Waals surface area contributed by atoms with Crippen LogP contribution in [0.1, 0.15) is 10.4 Å². The van der Waals surface area contributed by atoms with Crippen molar-refractivity contribution in [1.82, 2.24) is 0 Å². The van der Waals surface area contributed by atoms with E-state index in [9.17, 15) is 9.90 Å². The Morgan fingerprint density at radius 3 is 2.41 bits per heavy atom. The van der Waals surface area contributed by atoms with Crippen molar-refractivity contribution < 1.29 is 28.8 Å². The Labute approximate surface area is 98.7 Å². The van der Waals surface area contributed by atoms with E-state index >= 15 is 0 Å². The van der Waals surface area contributed by atoms with Crippen LogP contribution in [0.4, 0.5) is 0 Å². The van der Waals surface area contributed by atoms with Gasteiger partial charge in [0, 0.05) is 26.4 Å². The highest BCUT2D eigenvalue weighted by atomic mass is 16.7. The second-order valence-electron chi connectivity index (χ2n) is 3.07. The topological polar surface area (TPSA) is 74.2 Å². The second kappa shape index (κ2) is 6.72. The highest BCUT2D eigenvalue weighted by Gasteiger charge is 2.12. The van der Waals surface area contributed by atoms with Gasteiger partial charge in [0.15, 0.2) is 19.9 Å². The predicted octanol–water partition coefficient (Wildman–Crippen LogP) is 1.17. The molecule has 0 spiro atoms. The molecule has 0 amide bonds. The van der Waals surface area contributed by atoms with Crippen molar-refractivity contribution in [2.45, 2.75) is 0 Å². The van der Waals surface area contributed by atoms with Gasteiger partial charge in [-0.3, -0.25) is 4.79 Å². The number of benzene rings is 1. The number of hydrogen-bond donors (Lipinski definition) is 1. The third kappa shape index (κ3) is 3.61. The van der Waals surface area contributed by atoms with Crippen molar-refractivity contribution in [3.8, 4) is 17.2 Å². The molecular formula is C11H14O6. The standard InChI is InChI=1S/C11H14O6/c1-14-6-16-8-3-10(13)9(5-12)11(4-8)17-7-15-2/h3-5,13H,6-7H2,1-2H3. The monoisotopic (exact) mass is 242 g/mol. The summed E-state index contributed by atoms with van der Waals surface area (Å²) in [5.74, 6) is 0.300. The van der Waals surface area contributed by atoms with E-state index in [1.807, 2.05) is 0 Å². The average molecular weight is 242 g/mol. The third-order valence-corrected chi connectivity index (χ3v) is 1.89. The van der Waals surface area contributed by atoms with Gasteiger partial charge in [-0.1, -0.05) is 0 Å². The molecule has 17 heavy (non-hydrogen) atoms. The Bertz CT molecular complexity index is 376. The third-order valence-electron chi connectivity index (χ3n) is 1.89. The Morgan fingerprint density at radius 1 is 1.18 bits per heavy atom. The van der Waals surface area contributed by atoms with Gasteiger partial charge in [0.05, 0.1) is 5.56 Å². The van der Waals surface area contributed by atoms with E-state index in [4.69, 9.17) is 18.9 Å².